The zero-order valence-electron chi connectivity index (χ0n) is 10.9. The van der Waals surface area contributed by atoms with E-state index in [9.17, 15) is 4.79 Å². The van der Waals surface area contributed by atoms with Crippen molar-refractivity contribution < 1.29 is 4.79 Å². The van der Waals surface area contributed by atoms with Crippen LogP contribution in [0.5, 0.6) is 0 Å². The van der Waals surface area contributed by atoms with Gasteiger partial charge in [-0.15, -0.1) is 11.6 Å². The summed E-state index contributed by atoms with van der Waals surface area (Å²) in [6.07, 6.45) is 3.38. The topological polar surface area (TPSA) is 20.3 Å². The number of hydrogen-bond donors (Lipinski definition) is 0. The number of amides is 1. The lowest BCUT2D eigenvalue weighted by Crippen LogP contribution is -2.44. The molecule has 0 bridgehead atoms. The van der Waals surface area contributed by atoms with Crippen molar-refractivity contribution >= 4 is 17.5 Å². The zero-order valence-corrected chi connectivity index (χ0v) is 11.7. The highest BCUT2D eigenvalue weighted by molar-refractivity contribution is 6.18. The molecule has 0 heterocycles. The van der Waals surface area contributed by atoms with Crippen molar-refractivity contribution in [1.82, 2.24) is 4.90 Å². The number of nitrogens with zero attached hydrogens (tertiary/aromatic N) is 1. The average molecular weight is 246 g/mol. The highest BCUT2D eigenvalue weighted by atomic mass is 35.5. The summed E-state index contributed by atoms with van der Waals surface area (Å²) in [5.41, 5.74) is 0.163. The molecule has 0 aromatic rings. The van der Waals surface area contributed by atoms with E-state index >= 15 is 0 Å². The first-order valence-electron chi connectivity index (χ1n) is 6.26. The summed E-state index contributed by atoms with van der Waals surface area (Å²) in [7, 11) is 0. The fourth-order valence-corrected chi connectivity index (χ4v) is 2.88. The van der Waals surface area contributed by atoms with E-state index in [0.29, 0.717) is 18.3 Å². The van der Waals surface area contributed by atoms with Crippen LogP contribution >= 0.6 is 11.6 Å². The second-order valence-corrected chi connectivity index (χ2v) is 6.13. The third-order valence-corrected chi connectivity index (χ3v) is 3.96. The van der Waals surface area contributed by atoms with Crippen molar-refractivity contribution in [3.05, 3.63) is 0 Å². The molecule has 0 N–H and O–H groups in total. The Hall–Kier alpha value is -0.240. The number of carbonyl (C=O) groups is 1. The third-order valence-electron chi connectivity index (χ3n) is 3.79. The maximum absolute atomic E-state index is 12.5. The largest absolute Gasteiger partial charge is 0.339 e. The van der Waals surface area contributed by atoms with Gasteiger partial charge in [-0.2, -0.15) is 0 Å². The van der Waals surface area contributed by atoms with E-state index in [0.717, 1.165) is 12.8 Å². The first-order valence-corrected chi connectivity index (χ1v) is 6.80. The molecule has 0 aromatic carbocycles. The Labute approximate surface area is 104 Å². The van der Waals surface area contributed by atoms with Gasteiger partial charge in [-0.1, -0.05) is 20.3 Å². The van der Waals surface area contributed by atoms with Gasteiger partial charge in [0.25, 0.3) is 0 Å². The molecule has 1 atom stereocenters. The van der Waals surface area contributed by atoms with Crippen LogP contribution in [0.3, 0.4) is 0 Å². The Balaban J connectivity index is 2.74. The van der Waals surface area contributed by atoms with Crippen molar-refractivity contribution in [2.45, 2.75) is 53.0 Å². The van der Waals surface area contributed by atoms with E-state index in [-0.39, 0.29) is 17.4 Å². The van der Waals surface area contributed by atoms with Gasteiger partial charge in [0.05, 0.1) is 0 Å². The minimum Gasteiger partial charge on any atom is -0.339 e. The summed E-state index contributed by atoms with van der Waals surface area (Å²) in [6, 6.07) is 0.252. The normalized spacial score (nSPS) is 23.8. The number of carbonyl (C=O) groups excluding carboxylic acids is 1. The average Bonchev–Trinajstić information content (AvgIpc) is 2.53. The molecular formula is C13H24ClNO. The minimum absolute atomic E-state index is 0.163. The van der Waals surface area contributed by atoms with Crippen LogP contribution in [-0.2, 0) is 4.79 Å². The molecule has 1 amide bonds. The monoisotopic (exact) mass is 245 g/mol. The Morgan fingerprint density at radius 1 is 1.50 bits per heavy atom. The van der Waals surface area contributed by atoms with Gasteiger partial charge in [-0.3, -0.25) is 4.79 Å². The van der Waals surface area contributed by atoms with Gasteiger partial charge in [0.1, 0.15) is 0 Å². The number of alkyl halides is 1. The van der Waals surface area contributed by atoms with Gasteiger partial charge in [0.15, 0.2) is 0 Å². The molecule has 1 aliphatic carbocycles. The molecule has 1 unspecified atom stereocenters. The van der Waals surface area contributed by atoms with E-state index in [4.69, 9.17) is 11.6 Å². The summed E-state index contributed by atoms with van der Waals surface area (Å²) in [6.45, 7) is 9.22. The Morgan fingerprint density at radius 2 is 2.12 bits per heavy atom. The number of hydrogen-bond acceptors (Lipinski definition) is 1. The van der Waals surface area contributed by atoms with Gasteiger partial charge >= 0.3 is 0 Å². The molecule has 3 heteroatoms. The van der Waals surface area contributed by atoms with Gasteiger partial charge in [-0.25, -0.2) is 0 Å². The molecule has 1 rings (SSSR count). The van der Waals surface area contributed by atoms with Gasteiger partial charge in [0.2, 0.25) is 5.91 Å². The Kier molecular flexibility index (Phi) is 4.66. The van der Waals surface area contributed by atoms with Crippen molar-refractivity contribution in [2.24, 2.45) is 11.3 Å². The zero-order chi connectivity index (χ0) is 12.3. The molecule has 2 nitrogen and oxygen atoms in total. The lowest BCUT2D eigenvalue weighted by atomic mass is 9.81. The predicted octanol–water partition coefficient (Wildman–Crippen LogP) is 3.29. The molecule has 94 valence electrons. The molecule has 1 saturated carbocycles. The predicted molar refractivity (Wildman–Crippen MR) is 68.7 cm³/mol. The summed E-state index contributed by atoms with van der Waals surface area (Å²) in [5.74, 6) is 1.02. The molecular weight excluding hydrogens is 222 g/mol. The Morgan fingerprint density at radius 3 is 2.50 bits per heavy atom. The van der Waals surface area contributed by atoms with Crippen LogP contribution in [-0.4, -0.2) is 29.3 Å². The molecule has 1 aliphatic rings. The van der Waals surface area contributed by atoms with Crippen molar-refractivity contribution in [2.75, 3.05) is 12.4 Å². The fraction of sp³-hybridized carbons (Fsp3) is 0.923. The summed E-state index contributed by atoms with van der Waals surface area (Å²) in [4.78, 5) is 14.4. The molecule has 1 fully saturated rings. The van der Waals surface area contributed by atoms with Crippen LogP contribution in [0.25, 0.3) is 0 Å². The van der Waals surface area contributed by atoms with Crippen LogP contribution in [0, 0.1) is 11.3 Å². The maximum Gasteiger partial charge on any atom is 0.226 e. The minimum atomic E-state index is 0.163. The fourth-order valence-electron chi connectivity index (χ4n) is 2.70. The van der Waals surface area contributed by atoms with Crippen LogP contribution in [0.15, 0.2) is 0 Å². The Bertz CT molecular complexity index is 250. The SMILES string of the molecule is CC(C)N(CCCl)C(=O)C1CCCC1(C)C. The number of rotatable bonds is 4. The van der Waals surface area contributed by atoms with Crippen molar-refractivity contribution in [3.8, 4) is 0 Å². The molecule has 0 aliphatic heterocycles. The number of halogens is 1. The lowest BCUT2D eigenvalue weighted by Gasteiger charge is -2.34. The van der Waals surface area contributed by atoms with Crippen LogP contribution in [0.1, 0.15) is 47.0 Å². The molecule has 0 spiro atoms. The second-order valence-electron chi connectivity index (χ2n) is 5.75. The van der Waals surface area contributed by atoms with Crippen LogP contribution in [0.4, 0.5) is 0 Å². The quantitative estimate of drug-likeness (QED) is 0.696. The second kappa shape index (κ2) is 5.39. The third kappa shape index (κ3) is 2.91. The summed E-state index contributed by atoms with van der Waals surface area (Å²) in [5, 5.41) is 0. The van der Waals surface area contributed by atoms with E-state index in [1.54, 1.807) is 0 Å². The summed E-state index contributed by atoms with van der Waals surface area (Å²) < 4.78 is 0. The van der Waals surface area contributed by atoms with E-state index in [1.807, 2.05) is 4.90 Å². The van der Waals surface area contributed by atoms with E-state index < -0.39 is 0 Å². The van der Waals surface area contributed by atoms with Gasteiger partial charge in [-0.05, 0) is 32.1 Å². The van der Waals surface area contributed by atoms with Crippen LogP contribution < -0.4 is 0 Å². The van der Waals surface area contributed by atoms with E-state index in [1.165, 1.54) is 6.42 Å². The smallest absolute Gasteiger partial charge is 0.226 e. The van der Waals surface area contributed by atoms with E-state index in [2.05, 4.69) is 27.7 Å². The first-order chi connectivity index (χ1) is 7.40. The lowest BCUT2D eigenvalue weighted by molar-refractivity contribution is -0.139. The molecule has 0 radical (unpaired) electrons. The molecule has 16 heavy (non-hydrogen) atoms. The molecule has 0 saturated heterocycles. The maximum atomic E-state index is 12.5. The van der Waals surface area contributed by atoms with Gasteiger partial charge < -0.3 is 4.90 Å². The standard InChI is InChI=1S/C13H24ClNO/c1-10(2)15(9-8-14)12(16)11-6-5-7-13(11,3)4/h10-11H,5-9H2,1-4H3. The van der Waals surface area contributed by atoms with Crippen molar-refractivity contribution in [3.63, 3.8) is 0 Å². The molecule has 0 aromatic heterocycles. The highest BCUT2D eigenvalue weighted by Gasteiger charge is 2.41. The van der Waals surface area contributed by atoms with Crippen LogP contribution in [0.2, 0.25) is 0 Å². The summed E-state index contributed by atoms with van der Waals surface area (Å²) >= 11 is 5.77. The van der Waals surface area contributed by atoms with Gasteiger partial charge in [0, 0.05) is 24.4 Å². The highest BCUT2D eigenvalue weighted by Crippen LogP contribution is 2.43. The van der Waals surface area contributed by atoms with Crippen molar-refractivity contribution in [1.29, 1.82) is 0 Å². The first kappa shape index (κ1) is 13.8.